The van der Waals surface area contributed by atoms with E-state index in [1.165, 1.54) is 36.2 Å². The van der Waals surface area contributed by atoms with E-state index in [1.54, 1.807) is 0 Å². The van der Waals surface area contributed by atoms with Gasteiger partial charge < -0.3 is 15.0 Å². The van der Waals surface area contributed by atoms with Gasteiger partial charge in [0, 0.05) is 10.6 Å². The van der Waals surface area contributed by atoms with E-state index in [1.807, 2.05) is 25.2 Å². The molecule has 0 aliphatic heterocycles. The number of anilines is 2. The molecule has 5 nitrogen and oxygen atoms in total. The number of alkyl halides is 3. The van der Waals surface area contributed by atoms with Crippen LogP contribution in [-0.4, -0.2) is 23.4 Å². The second kappa shape index (κ2) is 6.62. The predicted octanol–water partition coefficient (Wildman–Crippen LogP) is 4.43. The number of nitrogens with one attached hydrogen (secondary N) is 3. The molecule has 1 aromatic heterocycles. The molecule has 0 unspecified atom stereocenters. The van der Waals surface area contributed by atoms with Crippen molar-refractivity contribution in [3.63, 3.8) is 0 Å². The van der Waals surface area contributed by atoms with Crippen molar-refractivity contribution in [2.24, 2.45) is 0 Å². The minimum atomic E-state index is -4.70. The van der Waals surface area contributed by atoms with Crippen molar-refractivity contribution in [2.45, 2.75) is 11.3 Å². The molecule has 0 bridgehead atoms. The normalized spacial score (nSPS) is 11.7. The van der Waals surface area contributed by atoms with Crippen molar-refractivity contribution in [3.05, 3.63) is 42.5 Å². The van der Waals surface area contributed by atoms with Crippen molar-refractivity contribution in [2.75, 3.05) is 12.4 Å². The summed E-state index contributed by atoms with van der Waals surface area (Å²) < 4.78 is 43.2. The average molecular weight is 354 g/mol. The number of rotatable bonds is 5. The Kier molecular flexibility index (Phi) is 4.54. The Balaban J connectivity index is 1.74. The molecule has 0 spiro atoms. The van der Waals surface area contributed by atoms with Gasteiger partial charge in [-0.3, -0.25) is 4.72 Å². The zero-order valence-corrected chi connectivity index (χ0v) is 13.3. The van der Waals surface area contributed by atoms with Crippen LogP contribution in [0.2, 0.25) is 0 Å². The van der Waals surface area contributed by atoms with Crippen LogP contribution in [0.1, 0.15) is 0 Å². The number of halogens is 3. The maximum atomic E-state index is 12.1. The van der Waals surface area contributed by atoms with E-state index in [0.717, 1.165) is 15.9 Å². The fourth-order valence-corrected chi connectivity index (χ4v) is 2.65. The first-order valence-electron chi connectivity index (χ1n) is 6.89. The van der Waals surface area contributed by atoms with E-state index in [0.29, 0.717) is 11.6 Å². The third kappa shape index (κ3) is 4.12. The minimum absolute atomic E-state index is 0.272. The van der Waals surface area contributed by atoms with Crippen molar-refractivity contribution < 1.29 is 17.9 Å². The third-order valence-corrected chi connectivity index (χ3v) is 3.72. The summed E-state index contributed by atoms with van der Waals surface area (Å²) in [7, 11) is 1.83. The molecule has 0 atom stereocenters. The first kappa shape index (κ1) is 16.5. The molecular formula is C15H13F3N4OS. The summed E-state index contributed by atoms with van der Waals surface area (Å²) in [5.74, 6) is 0.229. The molecule has 2 aromatic carbocycles. The van der Waals surface area contributed by atoms with Gasteiger partial charge in [-0.15, -0.1) is 13.2 Å². The number of fused-ring (bicyclic) bond motifs is 1. The summed E-state index contributed by atoms with van der Waals surface area (Å²) in [6, 6.07) is 11.2. The fourth-order valence-electron chi connectivity index (χ4n) is 2.11. The molecule has 0 fully saturated rings. The van der Waals surface area contributed by atoms with E-state index in [2.05, 4.69) is 24.7 Å². The second-order valence-corrected chi connectivity index (χ2v) is 5.85. The highest BCUT2D eigenvalue weighted by atomic mass is 32.2. The zero-order chi connectivity index (χ0) is 17.2. The lowest BCUT2D eigenvalue weighted by molar-refractivity contribution is -0.274. The van der Waals surface area contributed by atoms with Gasteiger partial charge in [0.25, 0.3) is 0 Å². The molecule has 0 aliphatic carbocycles. The third-order valence-electron chi connectivity index (χ3n) is 3.02. The van der Waals surface area contributed by atoms with Crippen LogP contribution >= 0.6 is 11.9 Å². The number of ether oxygens (including phenoxy) is 1. The zero-order valence-electron chi connectivity index (χ0n) is 12.4. The Labute approximate surface area is 139 Å². The Bertz CT molecular complexity index is 833. The highest BCUT2D eigenvalue weighted by Gasteiger charge is 2.30. The number of benzene rings is 2. The quantitative estimate of drug-likeness (QED) is 0.592. The molecular weight excluding hydrogens is 341 g/mol. The smallest absolute Gasteiger partial charge is 0.406 e. The fraction of sp³-hybridized carbons (Fsp3) is 0.133. The van der Waals surface area contributed by atoms with Crippen LogP contribution in [0.15, 0.2) is 47.4 Å². The summed E-state index contributed by atoms with van der Waals surface area (Å²) in [6.07, 6.45) is -4.70. The summed E-state index contributed by atoms with van der Waals surface area (Å²) in [5.41, 5.74) is 2.23. The molecule has 0 aliphatic rings. The number of aromatic amines is 1. The summed E-state index contributed by atoms with van der Waals surface area (Å²) >= 11 is 1.49. The Morgan fingerprint density at radius 1 is 1.12 bits per heavy atom. The Hall–Kier alpha value is -2.39. The summed E-state index contributed by atoms with van der Waals surface area (Å²) in [4.78, 5) is 8.54. The van der Waals surface area contributed by atoms with Crippen LogP contribution in [0.3, 0.4) is 0 Å². The van der Waals surface area contributed by atoms with Gasteiger partial charge in [0.15, 0.2) is 0 Å². The average Bonchev–Trinajstić information content (AvgIpc) is 2.90. The topological polar surface area (TPSA) is 62.0 Å². The van der Waals surface area contributed by atoms with E-state index in [-0.39, 0.29) is 5.75 Å². The van der Waals surface area contributed by atoms with Crippen molar-refractivity contribution in [1.82, 2.24) is 14.7 Å². The SMILES string of the molecule is CNSc1ccc2nc(Nc3ccc(OC(F)(F)F)cc3)[nH]c2c1. The molecule has 0 radical (unpaired) electrons. The molecule has 0 saturated carbocycles. The highest BCUT2D eigenvalue weighted by molar-refractivity contribution is 7.97. The highest BCUT2D eigenvalue weighted by Crippen LogP contribution is 2.26. The van der Waals surface area contributed by atoms with Crippen molar-refractivity contribution in [1.29, 1.82) is 0 Å². The van der Waals surface area contributed by atoms with Gasteiger partial charge in [-0.2, -0.15) is 0 Å². The maximum Gasteiger partial charge on any atom is 0.573 e. The molecule has 3 rings (SSSR count). The Morgan fingerprint density at radius 3 is 2.54 bits per heavy atom. The first-order chi connectivity index (χ1) is 11.4. The van der Waals surface area contributed by atoms with E-state index < -0.39 is 6.36 Å². The molecule has 126 valence electrons. The monoisotopic (exact) mass is 354 g/mol. The van der Waals surface area contributed by atoms with Gasteiger partial charge >= 0.3 is 6.36 Å². The van der Waals surface area contributed by atoms with Crippen LogP contribution in [0.5, 0.6) is 5.75 Å². The van der Waals surface area contributed by atoms with Gasteiger partial charge in [0.05, 0.1) is 11.0 Å². The van der Waals surface area contributed by atoms with Crippen LogP contribution in [0.25, 0.3) is 11.0 Å². The number of nitrogens with zero attached hydrogens (tertiary/aromatic N) is 1. The number of aromatic nitrogens is 2. The predicted molar refractivity (Wildman–Crippen MR) is 87.4 cm³/mol. The van der Waals surface area contributed by atoms with Crippen molar-refractivity contribution in [3.8, 4) is 5.75 Å². The minimum Gasteiger partial charge on any atom is -0.406 e. The lowest BCUT2D eigenvalue weighted by atomic mass is 10.3. The molecule has 0 amide bonds. The number of H-pyrrole nitrogens is 1. The number of imidazole rings is 1. The van der Waals surface area contributed by atoms with E-state index in [9.17, 15) is 13.2 Å². The van der Waals surface area contributed by atoms with Crippen LogP contribution in [0, 0.1) is 0 Å². The number of hydrogen-bond acceptors (Lipinski definition) is 5. The van der Waals surface area contributed by atoms with Crippen molar-refractivity contribution >= 4 is 34.6 Å². The van der Waals surface area contributed by atoms with Gasteiger partial charge in [-0.1, -0.05) is 0 Å². The maximum absolute atomic E-state index is 12.1. The van der Waals surface area contributed by atoms with Crippen LogP contribution < -0.4 is 14.8 Å². The molecule has 3 N–H and O–H groups in total. The second-order valence-electron chi connectivity index (χ2n) is 4.77. The van der Waals surface area contributed by atoms with E-state index >= 15 is 0 Å². The standard InChI is InChI=1S/C15H13F3N4OS/c1-19-24-11-6-7-12-13(8-11)22-14(21-12)20-9-2-4-10(5-3-9)23-15(16,17)18/h2-8,19H,1H3,(H2,20,21,22). The van der Waals surface area contributed by atoms with Gasteiger partial charge in [-0.25, -0.2) is 4.98 Å². The molecule has 3 aromatic rings. The lowest BCUT2D eigenvalue weighted by Gasteiger charge is -2.09. The van der Waals surface area contributed by atoms with Crippen LogP contribution in [-0.2, 0) is 0 Å². The lowest BCUT2D eigenvalue weighted by Crippen LogP contribution is -2.16. The van der Waals surface area contributed by atoms with Gasteiger partial charge in [0.1, 0.15) is 5.75 Å². The van der Waals surface area contributed by atoms with Gasteiger partial charge in [0.2, 0.25) is 5.95 Å². The Morgan fingerprint density at radius 2 is 1.88 bits per heavy atom. The first-order valence-corrected chi connectivity index (χ1v) is 7.71. The van der Waals surface area contributed by atoms with E-state index in [4.69, 9.17) is 0 Å². The molecule has 24 heavy (non-hydrogen) atoms. The summed E-state index contributed by atoms with van der Waals surface area (Å²) in [5, 5.41) is 3.01. The summed E-state index contributed by atoms with van der Waals surface area (Å²) in [6.45, 7) is 0. The molecule has 1 heterocycles. The molecule has 0 saturated heterocycles. The van der Waals surface area contributed by atoms with Crippen LogP contribution in [0.4, 0.5) is 24.8 Å². The largest absolute Gasteiger partial charge is 0.573 e. The number of hydrogen-bond donors (Lipinski definition) is 3. The molecule has 9 heteroatoms. The van der Waals surface area contributed by atoms with Gasteiger partial charge in [-0.05, 0) is 61.5 Å².